The highest BCUT2D eigenvalue weighted by molar-refractivity contribution is 7.26. The number of hydrogen-bond acceptors (Lipinski definition) is 2. The molecule has 13 rings (SSSR count). The largest absolute Gasteiger partial charge is 0.310 e. The first kappa shape index (κ1) is 40.7. The van der Waals surface area contributed by atoms with Crippen LogP contribution >= 0.6 is 11.3 Å². The monoisotopic (exact) mass is 895 g/mol. The van der Waals surface area contributed by atoms with Crippen molar-refractivity contribution >= 4 is 48.6 Å². The van der Waals surface area contributed by atoms with Crippen molar-refractivity contribution in [2.45, 2.75) is 5.41 Å². The Hall–Kier alpha value is -8.56. The van der Waals surface area contributed by atoms with E-state index in [2.05, 4.69) is 278 Å². The first-order chi connectivity index (χ1) is 34.3. The summed E-state index contributed by atoms with van der Waals surface area (Å²) in [5, 5.41) is 2.60. The Morgan fingerprint density at radius 2 is 0.812 bits per heavy atom. The number of thiophene rings is 1. The van der Waals surface area contributed by atoms with Crippen molar-refractivity contribution in [2.75, 3.05) is 4.90 Å². The van der Waals surface area contributed by atoms with E-state index in [-0.39, 0.29) is 0 Å². The summed E-state index contributed by atoms with van der Waals surface area (Å²) in [5.74, 6) is 0. The summed E-state index contributed by atoms with van der Waals surface area (Å²) in [4.78, 5) is 2.52. The van der Waals surface area contributed by atoms with Crippen LogP contribution in [0.2, 0.25) is 0 Å². The Balaban J connectivity index is 1.10. The van der Waals surface area contributed by atoms with Gasteiger partial charge in [0.2, 0.25) is 0 Å². The number of fused-ring (bicyclic) bond motifs is 6. The van der Waals surface area contributed by atoms with Gasteiger partial charge in [-0.3, -0.25) is 0 Å². The Kier molecular flexibility index (Phi) is 10.00. The molecule has 324 valence electrons. The van der Waals surface area contributed by atoms with Crippen molar-refractivity contribution < 1.29 is 0 Å². The van der Waals surface area contributed by atoms with Gasteiger partial charge in [-0.15, -0.1) is 11.3 Å². The molecule has 0 aliphatic heterocycles. The number of hydrogen-bond donors (Lipinski definition) is 0. The van der Waals surface area contributed by atoms with Crippen molar-refractivity contribution in [1.82, 2.24) is 0 Å². The molecule has 11 aromatic carbocycles. The molecule has 1 aliphatic carbocycles. The van der Waals surface area contributed by atoms with Crippen LogP contribution in [0.4, 0.5) is 17.1 Å². The molecule has 0 spiro atoms. The summed E-state index contributed by atoms with van der Waals surface area (Å²) in [6.45, 7) is 0. The SMILES string of the molecule is c1ccc(-c2ccccc2-c2c(-c3ccccc3)cccc2N(c2cccc(-c3cccc4c3sc3ccccc34)c2)c2ccc3c(c2)-c2ccccc2C3(c2ccccc2)c2ccccc2)cc1. The van der Waals surface area contributed by atoms with Gasteiger partial charge in [0.25, 0.3) is 0 Å². The molecule has 1 aliphatic rings. The standard InChI is InChI=1S/C67H45NS/c1-5-22-46(23-6-1)53-32-13-14-35-58(53)65-54(47-24-7-2-8-25-47)36-21-40-63(65)68(51-31-19-26-48(44-51)55-37-20-38-59-57-34-16-18-41-64(57)69-66(55)59)52-42-43-62-60(45-52)56-33-15-17-39-61(56)67(62,49-27-9-3-10-28-49)50-29-11-4-12-30-50/h1-45H. The topological polar surface area (TPSA) is 3.24 Å². The van der Waals surface area contributed by atoms with Gasteiger partial charge in [-0.2, -0.15) is 0 Å². The lowest BCUT2D eigenvalue weighted by Gasteiger charge is -2.34. The second kappa shape index (κ2) is 16.9. The molecule has 0 N–H and O–H groups in total. The molecule has 1 aromatic heterocycles. The van der Waals surface area contributed by atoms with Gasteiger partial charge < -0.3 is 4.90 Å². The van der Waals surface area contributed by atoms with E-state index in [1.54, 1.807) is 0 Å². The maximum Gasteiger partial charge on any atom is 0.0713 e. The van der Waals surface area contributed by atoms with E-state index in [0.717, 1.165) is 17.1 Å². The van der Waals surface area contributed by atoms with Crippen molar-refractivity contribution in [1.29, 1.82) is 0 Å². The number of rotatable bonds is 9. The van der Waals surface area contributed by atoms with Crippen LogP contribution in [0.5, 0.6) is 0 Å². The molecule has 69 heavy (non-hydrogen) atoms. The molecule has 0 unspecified atom stereocenters. The highest BCUT2D eigenvalue weighted by Crippen LogP contribution is 2.58. The molecule has 0 saturated carbocycles. The summed E-state index contributed by atoms with van der Waals surface area (Å²) < 4.78 is 2.61. The zero-order valence-corrected chi connectivity index (χ0v) is 38.7. The van der Waals surface area contributed by atoms with Crippen molar-refractivity contribution in [2.24, 2.45) is 0 Å². The first-order valence-electron chi connectivity index (χ1n) is 23.8. The number of benzene rings is 11. The first-order valence-corrected chi connectivity index (χ1v) is 24.6. The molecule has 0 radical (unpaired) electrons. The number of nitrogens with zero attached hydrogens (tertiary/aromatic N) is 1. The van der Waals surface area contributed by atoms with Gasteiger partial charge in [0.05, 0.1) is 11.1 Å². The van der Waals surface area contributed by atoms with E-state index in [9.17, 15) is 0 Å². The van der Waals surface area contributed by atoms with E-state index >= 15 is 0 Å². The van der Waals surface area contributed by atoms with Gasteiger partial charge in [-0.05, 0) is 109 Å². The van der Waals surface area contributed by atoms with Gasteiger partial charge >= 0.3 is 0 Å². The van der Waals surface area contributed by atoms with Crippen molar-refractivity contribution in [3.63, 3.8) is 0 Å². The van der Waals surface area contributed by atoms with Gasteiger partial charge in [-0.1, -0.05) is 237 Å². The third-order valence-electron chi connectivity index (χ3n) is 14.2. The highest BCUT2D eigenvalue weighted by atomic mass is 32.1. The molecular weight excluding hydrogens is 851 g/mol. The maximum absolute atomic E-state index is 2.52. The lowest BCUT2D eigenvalue weighted by Crippen LogP contribution is -2.28. The summed E-state index contributed by atoms with van der Waals surface area (Å²) in [5.41, 5.74) is 19.8. The lowest BCUT2D eigenvalue weighted by atomic mass is 9.68. The minimum Gasteiger partial charge on any atom is -0.310 e. The van der Waals surface area contributed by atoms with Crippen LogP contribution in [-0.4, -0.2) is 0 Å². The van der Waals surface area contributed by atoms with Crippen LogP contribution in [0.1, 0.15) is 22.3 Å². The van der Waals surface area contributed by atoms with E-state index in [1.807, 2.05) is 11.3 Å². The molecule has 0 atom stereocenters. The van der Waals surface area contributed by atoms with Crippen LogP contribution in [0.3, 0.4) is 0 Å². The van der Waals surface area contributed by atoms with E-state index in [1.165, 1.54) is 98.1 Å². The molecule has 1 nitrogen and oxygen atoms in total. The third-order valence-corrected chi connectivity index (χ3v) is 15.4. The Labute approximate surface area is 407 Å². The minimum atomic E-state index is -0.506. The molecule has 0 bridgehead atoms. The Morgan fingerprint density at radius 3 is 1.55 bits per heavy atom. The summed E-state index contributed by atoms with van der Waals surface area (Å²) in [6, 6.07) is 101. The van der Waals surface area contributed by atoms with Crippen LogP contribution in [-0.2, 0) is 5.41 Å². The van der Waals surface area contributed by atoms with Gasteiger partial charge in [0.15, 0.2) is 0 Å². The second-order valence-electron chi connectivity index (χ2n) is 17.9. The molecule has 2 heteroatoms. The summed E-state index contributed by atoms with van der Waals surface area (Å²) in [7, 11) is 0. The molecule has 1 heterocycles. The smallest absolute Gasteiger partial charge is 0.0713 e. The van der Waals surface area contributed by atoms with Gasteiger partial charge in [-0.25, -0.2) is 0 Å². The molecule has 0 fully saturated rings. The average Bonchev–Trinajstić information content (AvgIpc) is 3.96. The highest BCUT2D eigenvalue weighted by Gasteiger charge is 2.46. The zero-order valence-electron chi connectivity index (χ0n) is 37.8. The summed E-state index contributed by atoms with van der Waals surface area (Å²) >= 11 is 1.88. The van der Waals surface area contributed by atoms with Gasteiger partial charge in [0, 0.05) is 37.1 Å². The Morgan fingerprint density at radius 1 is 0.304 bits per heavy atom. The number of anilines is 3. The zero-order chi connectivity index (χ0) is 45.7. The predicted molar refractivity (Wildman–Crippen MR) is 293 cm³/mol. The minimum absolute atomic E-state index is 0.506. The average molecular weight is 896 g/mol. The molecular formula is C67H45NS. The second-order valence-corrected chi connectivity index (χ2v) is 19.0. The van der Waals surface area contributed by atoms with Crippen molar-refractivity contribution in [3.8, 4) is 55.6 Å². The van der Waals surface area contributed by atoms with Crippen LogP contribution in [0.25, 0.3) is 75.8 Å². The van der Waals surface area contributed by atoms with E-state index < -0.39 is 5.41 Å². The van der Waals surface area contributed by atoms with E-state index in [4.69, 9.17) is 0 Å². The quantitative estimate of drug-likeness (QED) is 0.140. The van der Waals surface area contributed by atoms with Crippen LogP contribution < -0.4 is 4.90 Å². The van der Waals surface area contributed by atoms with Gasteiger partial charge in [0.1, 0.15) is 0 Å². The fraction of sp³-hybridized carbons (Fsp3) is 0.0149. The summed E-state index contributed by atoms with van der Waals surface area (Å²) in [6.07, 6.45) is 0. The fourth-order valence-corrected chi connectivity index (χ4v) is 12.5. The molecule has 0 amide bonds. The third kappa shape index (κ3) is 6.67. The predicted octanol–water partition coefficient (Wildman–Crippen LogP) is 18.6. The van der Waals surface area contributed by atoms with Crippen LogP contribution in [0.15, 0.2) is 273 Å². The van der Waals surface area contributed by atoms with E-state index in [0.29, 0.717) is 0 Å². The maximum atomic E-state index is 2.52. The fourth-order valence-electron chi connectivity index (χ4n) is 11.2. The van der Waals surface area contributed by atoms with Crippen LogP contribution in [0, 0.1) is 0 Å². The normalized spacial score (nSPS) is 12.5. The van der Waals surface area contributed by atoms with Crippen molar-refractivity contribution in [3.05, 3.63) is 295 Å². The molecule has 12 aromatic rings. The lowest BCUT2D eigenvalue weighted by molar-refractivity contribution is 0.768. The molecule has 0 saturated heterocycles. The Bertz CT molecular complexity index is 3800.